The van der Waals surface area contributed by atoms with Crippen LogP contribution in [0.4, 0.5) is 5.69 Å². The highest BCUT2D eigenvalue weighted by atomic mass is 32.2. The number of hydrogen-bond acceptors (Lipinski definition) is 5. The van der Waals surface area contributed by atoms with Crippen molar-refractivity contribution in [1.29, 1.82) is 0 Å². The van der Waals surface area contributed by atoms with Crippen LogP contribution in [-0.4, -0.2) is 26.6 Å². The van der Waals surface area contributed by atoms with Crippen molar-refractivity contribution in [3.05, 3.63) is 29.3 Å². The van der Waals surface area contributed by atoms with Gasteiger partial charge < -0.3 is 10.7 Å². The van der Waals surface area contributed by atoms with E-state index < -0.39 is 15.9 Å². The Morgan fingerprint density at radius 2 is 2.06 bits per heavy atom. The molecule has 6 N–H and O–H groups in total. The minimum atomic E-state index is -3.58. The van der Waals surface area contributed by atoms with Gasteiger partial charge in [0.05, 0.1) is 17.0 Å². The fourth-order valence-electron chi connectivity index (χ4n) is 1.37. The van der Waals surface area contributed by atoms with Crippen molar-refractivity contribution in [2.45, 2.75) is 6.92 Å². The van der Waals surface area contributed by atoms with E-state index in [-0.39, 0.29) is 12.3 Å². The fourth-order valence-corrected chi connectivity index (χ4v) is 1.76. The van der Waals surface area contributed by atoms with Gasteiger partial charge in [-0.3, -0.25) is 10.6 Å². The van der Waals surface area contributed by atoms with Crippen molar-refractivity contribution in [1.82, 2.24) is 5.32 Å². The van der Waals surface area contributed by atoms with Crippen LogP contribution in [0.25, 0.3) is 0 Å². The highest BCUT2D eigenvalue weighted by molar-refractivity contribution is 7.89. The van der Waals surface area contributed by atoms with E-state index in [1.807, 2.05) is 6.92 Å². The molecule has 0 fully saturated rings. The molecule has 0 aliphatic heterocycles. The second-order valence-corrected chi connectivity index (χ2v) is 5.55. The number of nitrogens with one attached hydrogen (secondary N) is 2. The Morgan fingerprint density at radius 1 is 1.39 bits per heavy atom. The Morgan fingerprint density at radius 3 is 2.61 bits per heavy atom. The largest absolute Gasteiger partial charge is 0.351 e. The van der Waals surface area contributed by atoms with E-state index in [0.717, 1.165) is 5.56 Å². The highest BCUT2D eigenvalue weighted by Gasteiger charge is 2.11. The molecular formula is C10H16N4O3S. The van der Waals surface area contributed by atoms with Gasteiger partial charge in [0.2, 0.25) is 10.0 Å². The van der Waals surface area contributed by atoms with Gasteiger partial charge >= 0.3 is 0 Å². The second-order valence-electron chi connectivity index (χ2n) is 3.82. The third-order valence-electron chi connectivity index (χ3n) is 2.25. The monoisotopic (exact) mass is 272 g/mol. The number of nitrogen functional groups attached to an aromatic ring is 1. The van der Waals surface area contributed by atoms with Crippen LogP contribution in [0, 0.1) is 6.92 Å². The Hall–Kier alpha value is -1.64. The molecule has 0 aliphatic rings. The molecule has 0 aliphatic carbocycles. The predicted octanol–water partition coefficient (Wildman–Crippen LogP) is -0.701. The summed E-state index contributed by atoms with van der Waals surface area (Å²) in [5.41, 5.74) is 4.12. The van der Waals surface area contributed by atoms with E-state index in [1.54, 1.807) is 18.2 Å². The lowest BCUT2D eigenvalue weighted by Crippen LogP contribution is -2.32. The number of amides is 1. The second kappa shape index (κ2) is 5.80. The van der Waals surface area contributed by atoms with Crippen molar-refractivity contribution < 1.29 is 13.2 Å². The molecule has 0 aromatic heterocycles. The van der Waals surface area contributed by atoms with E-state index >= 15 is 0 Å². The van der Waals surface area contributed by atoms with Gasteiger partial charge in [-0.05, 0) is 19.1 Å². The van der Waals surface area contributed by atoms with Gasteiger partial charge in [0.1, 0.15) is 0 Å². The molecule has 0 heterocycles. The van der Waals surface area contributed by atoms with Gasteiger partial charge in [-0.2, -0.15) is 0 Å². The number of carbonyl (C=O) groups excluding carboxylic acids is 1. The Balaban J connectivity index is 2.75. The van der Waals surface area contributed by atoms with E-state index in [1.165, 1.54) is 0 Å². The predicted molar refractivity (Wildman–Crippen MR) is 69.3 cm³/mol. The maximum atomic E-state index is 11.8. The van der Waals surface area contributed by atoms with E-state index in [0.29, 0.717) is 11.3 Å². The lowest BCUT2D eigenvalue weighted by Gasteiger charge is -2.10. The molecule has 1 rings (SSSR count). The Kier molecular flexibility index (Phi) is 4.65. The van der Waals surface area contributed by atoms with Crippen LogP contribution in [0.2, 0.25) is 0 Å². The zero-order valence-corrected chi connectivity index (χ0v) is 10.8. The third-order valence-corrected chi connectivity index (χ3v) is 3.02. The number of hydrazine groups is 1. The molecule has 0 unspecified atom stereocenters. The standard InChI is InChI=1S/C10H16N4O3S/c1-7-2-3-9(14-11)8(6-7)10(15)13-4-5-18(12,16)17/h2-3,6,14H,4-5,11H2,1H3,(H,13,15)(H2,12,16,17). The summed E-state index contributed by atoms with van der Waals surface area (Å²) in [6.45, 7) is 1.79. The summed E-state index contributed by atoms with van der Waals surface area (Å²) in [5.74, 6) is 4.57. The van der Waals surface area contributed by atoms with Crippen LogP contribution in [0.15, 0.2) is 18.2 Å². The number of rotatable bonds is 5. The van der Waals surface area contributed by atoms with Gasteiger partial charge in [0, 0.05) is 6.54 Å². The van der Waals surface area contributed by atoms with Crippen LogP contribution >= 0.6 is 0 Å². The lowest BCUT2D eigenvalue weighted by atomic mass is 10.1. The molecule has 18 heavy (non-hydrogen) atoms. The normalized spacial score (nSPS) is 11.1. The number of carbonyl (C=O) groups is 1. The van der Waals surface area contributed by atoms with Crippen LogP contribution < -0.4 is 21.7 Å². The summed E-state index contributed by atoms with van der Waals surface area (Å²) in [7, 11) is -3.58. The number of benzene rings is 1. The average molecular weight is 272 g/mol. The van der Waals surface area contributed by atoms with Crippen LogP contribution in [0.3, 0.4) is 0 Å². The number of nitrogens with two attached hydrogens (primary N) is 2. The zero-order valence-electron chi connectivity index (χ0n) is 9.93. The molecule has 1 amide bonds. The number of aryl methyl sites for hydroxylation is 1. The number of sulfonamides is 1. The van der Waals surface area contributed by atoms with E-state index in [2.05, 4.69) is 10.7 Å². The SMILES string of the molecule is Cc1ccc(NN)c(C(=O)NCCS(N)(=O)=O)c1. The number of anilines is 1. The zero-order chi connectivity index (χ0) is 13.8. The molecule has 0 atom stereocenters. The Labute approximate surface area is 106 Å². The molecule has 0 bridgehead atoms. The topological polar surface area (TPSA) is 127 Å². The van der Waals surface area contributed by atoms with Crippen molar-refractivity contribution in [3.8, 4) is 0 Å². The molecule has 0 saturated carbocycles. The van der Waals surface area contributed by atoms with Crippen molar-refractivity contribution in [2.75, 3.05) is 17.7 Å². The summed E-state index contributed by atoms with van der Waals surface area (Å²) in [6.07, 6.45) is 0. The molecular weight excluding hydrogens is 256 g/mol. The minimum Gasteiger partial charge on any atom is -0.351 e. The van der Waals surface area contributed by atoms with Crippen LogP contribution in [0.5, 0.6) is 0 Å². The first-order valence-corrected chi connectivity index (χ1v) is 6.91. The van der Waals surface area contributed by atoms with Crippen molar-refractivity contribution >= 4 is 21.6 Å². The smallest absolute Gasteiger partial charge is 0.253 e. The summed E-state index contributed by atoms with van der Waals surface area (Å²) in [6, 6.07) is 5.13. The summed E-state index contributed by atoms with van der Waals surface area (Å²) in [4.78, 5) is 11.8. The molecule has 8 heteroatoms. The molecule has 1 aromatic carbocycles. The molecule has 1 aromatic rings. The maximum Gasteiger partial charge on any atom is 0.253 e. The molecule has 100 valence electrons. The van der Waals surface area contributed by atoms with Crippen molar-refractivity contribution in [3.63, 3.8) is 0 Å². The summed E-state index contributed by atoms with van der Waals surface area (Å²) < 4.78 is 21.4. The van der Waals surface area contributed by atoms with Gasteiger partial charge in [0.25, 0.3) is 5.91 Å². The van der Waals surface area contributed by atoms with Gasteiger partial charge in [-0.1, -0.05) is 11.6 Å². The third kappa shape index (κ3) is 4.32. The molecule has 0 saturated heterocycles. The number of primary sulfonamides is 1. The Bertz CT molecular complexity index is 542. The lowest BCUT2D eigenvalue weighted by molar-refractivity contribution is 0.0957. The molecule has 0 radical (unpaired) electrons. The number of hydrogen-bond donors (Lipinski definition) is 4. The summed E-state index contributed by atoms with van der Waals surface area (Å²) in [5, 5.41) is 7.29. The minimum absolute atomic E-state index is 0.0460. The van der Waals surface area contributed by atoms with Gasteiger partial charge in [-0.15, -0.1) is 0 Å². The first-order chi connectivity index (χ1) is 8.33. The molecule has 0 spiro atoms. The van der Waals surface area contributed by atoms with Gasteiger partial charge in [0.15, 0.2) is 0 Å². The summed E-state index contributed by atoms with van der Waals surface area (Å²) >= 11 is 0. The maximum absolute atomic E-state index is 11.8. The van der Waals surface area contributed by atoms with Gasteiger partial charge in [-0.25, -0.2) is 13.6 Å². The van der Waals surface area contributed by atoms with Crippen molar-refractivity contribution in [2.24, 2.45) is 11.0 Å². The fraction of sp³-hybridized carbons (Fsp3) is 0.300. The highest BCUT2D eigenvalue weighted by Crippen LogP contribution is 2.15. The first-order valence-electron chi connectivity index (χ1n) is 5.19. The van der Waals surface area contributed by atoms with E-state index in [4.69, 9.17) is 11.0 Å². The van der Waals surface area contributed by atoms with Crippen LogP contribution in [0.1, 0.15) is 15.9 Å². The average Bonchev–Trinajstić information content (AvgIpc) is 2.27. The molecule has 7 nitrogen and oxygen atoms in total. The van der Waals surface area contributed by atoms with E-state index in [9.17, 15) is 13.2 Å². The first kappa shape index (κ1) is 14.4. The quantitative estimate of drug-likeness (QED) is 0.416. The van der Waals surface area contributed by atoms with Crippen LogP contribution in [-0.2, 0) is 10.0 Å².